The number of phenolic OH excluding ortho intramolecular Hbond substituents is 1. The fraction of sp³-hybridized carbons (Fsp3) is 0.438. The highest BCUT2D eigenvalue weighted by molar-refractivity contribution is 6.09. The molecule has 2 amide bonds. The quantitative estimate of drug-likeness (QED) is 0.322. The predicted octanol–water partition coefficient (Wildman–Crippen LogP) is 3.34. The molecule has 3 heterocycles. The van der Waals surface area contributed by atoms with Crippen LogP contribution >= 0.6 is 0 Å². The number of piperazine rings is 1. The van der Waals surface area contributed by atoms with Gasteiger partial charge in [0.25, 0.3) is 5.91 Å². The van der Waals surface area contributed by atoms with Crippen molar-refractivity contribution in [3.05, 3.63) is 60.3 Å². The number of aromatic nitrogens is 2. The van der Waals surface area contributed by atoms with Crippen molar-refractivity contribution in [2.24, 2.45) is 0 Å². The van der Waals surface area contributed by atoms with Crippen molar-refractivity contribution in [3.8, 4) is 11.8 Å². The Bertz CT molecular complexity index is 1510. The molecule has 11 nitrogen and oxygen atoms in total. The van der Waals surface area contributed by atoms with E-state index in [-0.39, 0.29) is 36.0 Å². The van der Waals surface area contributed by atoms with Crippen LogP contribution in [-0.2, 0) is 4.79 Å². The number of phenols is 1. The molecule has 2 atom stereocenters. The van der Waals surface area contributed by atoms with Crippen molar-refractivity contribution in [3.63, 3.8) is 0 Å². The van der Waals surface area contributed by atoms with Crippen molar-refractivity contribution in [2.75, 3.05) is 49.6 Å². The number of amides is 2. The van der Waals surface area contributed by atoms with Crippen molar-refractivity contribution in [2.45, 2.75) is 51.7 Å². The van der Waals surface area contributed by atoms with Crippen LogP contribution in [-0.4, -0.2) is 99.3 Å². The number of ether oxygens (including phenoxy) is 1. The van der Waals surface area contributed by atoms with E-state index in [1.807, 2.05) is 29.2 Å². The highest BCUT2D eigenvalue weighted by atomic mass is 16.5. The van der Waals surface area contributed by atoms with E-state index >= 15 is 0 Å². The predicted molar refractivity (Wildman–Crippen MR) is 166 cm³/mol. The number of hydrogen-bond acceptors (Lipinski definition) is 9. The van der Waals surface area contributed by atoms with Gasteiger partial charge < -0.3 is 30.1 Å². The minimum atomic E-state index is -0.467. The monoisotopic (exact) mass is 588 g/mol. The molecule has 2 aromatic carbocycles. The molecule has 228 valence electrons. The van der Waals surface area contributed by atoms with Crippen molar-refractivity contribution in [1.29, 1.82) is 0 Å². The van der Waals surface area contributed by atoms with Gasteiger partial charge in [-0.05, 0) is 57.7 Å². The first kappa shape index (κ1) is 30.2. The Balaban J connectivity index is 1.48. The molecule has 43 heavy (non-hydrogen) atoms. The number of nitrogens with zero attached hydrogens (tertiary/aromatic N) is 5. The Morgan fingerprint density at radius 3 is 2.70 bits per heavy atom. The molecule has 3 aromatic rings. The van der Waals surface area contributed by atoms with Crippen LogP contribution < -0.4 is 15.0 Å². The third-order valence-corrected chi connectivity index (χ3v) is 8.35. The summed E-state index contributed by atoms with van der Waals surface area (Å²) in [5, 5.41) is 24.9. The standard InChI is InChI=1S/C32H40N6O5/c1-5-28(41)38-14-13-36(17-24(38)18-39)30-21(4)29(34-32(35-30)43-19-23-10-8-12-37(23)20(2)3)31(42)33-27-16-25(40)15-22-9-6-7-11-26(22)27/h5-7,9,11,15-16,20,23-24,39-40H,1,8,10,12-14,17-19H2,2-4H3,(H,33,42)/t23-,24+/m0/s1. The number of aliphatic hydroxyl groups excluding tert-OH is 1. The number of aromatic hydroxyl groups is 1. The Hall–Kier alpha value is -4.22. The maximum absolute atomic E-state index is 13.8. The van der Waals surface area contributed by atoms with Gasteiger partial charge in [0.2, 0.25) is 5.91 Å². The second-order valence-electron chi connectivity index (χ2n) is 11.4. The van der Waals surface area contributed by atoms with Crippen LogP contribution in [0.3, 0.4) is 0 Å². The maximum atomic E-state index is 13.8. The molecule has 0 aliphatic carbocycles. The van der Waals surface area contributed by atoms with Crippen LogP contribution in [0.15, 0.2) is 49.1 Å². The van der Waals surface area contributed by atoms with Gasteiger partial charge >= 0.3 is 6.01 Å². The van der Waals surface area contributed by atoms with E-state index in [1.165, 1.54) is 12.1 Å². The van der Waals surface area contributed by atoms with Crippen molar-refractivity contribution in [1.82, 2.24) is 19.8 Å². The van der Waals surface area contributed by atoms with Crippen LogP contribution in [0.25, 0.3) is 10.8 Å². The van der Waals surface area contributed by atoms with Crippen LogP contribution in [0.2, 0.25) is 0 Å². The zero-order chi connectivity index (χ0) is 30.7. The lowest BCUT2D eigenvalue weighted by Gasteiger charge is -2.41. The Kier molecular flexibility index (Phi) is 9.12. The second kappa shape index (κ2) is 13.0. The maximum Gasteiger partial charge on any atom is 0.319 e. The summed E-state index contributed by atoms with van der Waals surface area (Å²) in [4.78, 5) is 41.5. The molecule has 3 N–H and O–H groups in total. The number of hydrogen-bond donors (Lipinski definition) is 3. The van der Waals surface area contributed by atoms with Gasteiger partial charge in [0.1, 0.15) is 23.9 Å². The van der Waals surface area contributed by atoms with Gasteiger partial charge in [0.15, 0.2) is 0 Å². The van der Waals surface area contributed by atoms with E-state index in [1.54, 1.807) is 17.9 Å². The van der Waals surface area contributed by atoms with E-state index in [4.69, 9.17) is 9.72 Å². The topological polar surface area (TPSA) is 131 Å². The van der Waals surface area contributed by atoms with Gasteiger partial charge in [-0.1, -0.05) is 30.8 Å². The summed E-state index contributed by atoms with van der Waals surface area (Å²) in [5.41, 5.74) is 1.14. The third kappa shape index (κ3) is 6.42. The van der Waals surface area contributed by atoms with Gasteiger partial charge in [-0.15, -0.1) is 0 Å². The molecule has 0 saturated carbocycles. The lowest BCUT2D eigenvalue weighted by molar-refractivity contribution is -0.129. The molecule has 0 unspecified atom stereocenters. The van der Waals surface area contributed by atoms with E-state index < -0.39 is 11.9 Å². The minimum absolute atomic E-state index is 0.0337. The van der Waals surface area contributed by atoms with Gasteiger partial charge in [-0.25, -0.2) is 0 Å². The number of rotatable bonds is 9. The summed E-state index contributed by atoms with van der Waals surface area (Å²) in [6.07, 6.45) is 3.34. The molecule has 2 saturated heterocycles. The Morgan fingerprint density at radius 2 is 1.95 bits per heavy atom. The zero-order valence-corrected chi connectivity index (χ0v) is 25.0. The van der Waals surface area contributed by atoms with Crippen LogP contribution in [0.4, 0.5) is 11.5 Å². The normalized spacial score (nSPS) is 19.2. The molecule has 0 spiro atoms. The van der Waals surface area contributed by atoms with E-state index in [0.717, 1.165) is 30.2 Å². The summed E-state index contributed by atoms with van der Waals surface area (Å²) in [6.45, 7) is 12.0. The number of aliphatic hydroxyl groups is 1. The van der Waals surface area contributed by atoms with E-state index in [9.17, 15) is 19.8 Å². The first-order valence-electron chi connectivity index (χ1n) is 14.8. The van der Waals surface area contributed by atoms with Crippen molar-refractivity contribution < 1.29 is 24.5 Å². The van der Waals surface area contributed by atoms with Crippen LogP contribution in [0.1, 0.15) is 42.7 Å². The van der Waals surface area contributed by atoms with E-state index in [2.05, 4.69) is 35.6 Å². The molecule has 0 radical (unpaired) electrons. The highest BCUT2D eigenvalue weighted by Gasteiger charge is 2.32. The number of nitrogens with one attached hydrogen (secondary N) is 1. The fourth-order valence-electron chi connectivity index (χ4n) is 6.16. The number of carbonyl (C=O) groups excluding carboxylic acids is 2. The number of likely N-dealkylation sites (tertiary alicyclic amines) is 1. The molecule has 2 fully saturated rings. The molecule has 11 heteroatoms. The van der Waals surface area contributed by atoms with Crippen LogP contribution in [0, 0.1) is 6.92 Å². The van der Waals surface area contributed by atoms with Crippen molar-refractivity contribution >= 4 is 34.1 Å². The second-order valence-corrected chi connectivity index (χ2v) is 11.4. The van der Waals surface area contributed by atoms with Gasteiger partial charge in [-0.3, -0.25) is 14.5 Å². The third-order valence-electron chi connectivity index (χ3n) is 8.35. The molecule has 5 rings (SSSR count). The molecule has 2 aliphatic rings. The summed E-state index contributed by atoms with van der Waals surface area (Å²) in [6, 6.07) is 10.9. The summed E-state index contributed by atoms with van der Waals surface area (Å²) in [5.74, 6) is -0.170. The zero-order valence-electron chi connectivity index (χ0n) is 25.0. The SMILES string of the molecule is C=CC(=O)N1CCN(c2nc(OC[C@@H]3CCCN3C(C)C)nc(C(=O)Nc3cc(O)cc4ccccc34)c2C)C[C@@H]1CO. The number of anilines is 2. The minimum Gasteiger partial charge on any atom is -0.508 e. The van der Waals surface area contributed by atoms with E-state index in [0.29, 0.717) is 49.4 Å². The van der Waals surface area contributed by atoms with Gasteiger partial charge in [0, 0.05) is 48.7 Å². The smallest absolute Gasteiger partial charge is 0.319 e. The first-order chi connectivity index (χ1) is 20.7. The highest BCUT2D eigenvalue weighted by Crippen LogP contribution is 2.31. The Morgan fingerprint density at radius 1 is 1.16 bits per heavy atom. The number of benzene rings is 2. The first-order valence-corrected chi connectivity index (χ1v) is 14.8. The van der Waals surface area contributed by atoms with Gasteiger partial charge in [0.05, 0.1) is 18.3 Å². The average Bonchev–Trinajstić information content (AvgIpc) is 3.49. The molecule has 0 bridgehead atoms. The van der Waals surface area contributed by atoms with Crippen LogP contribution in [0.5, 0.6) is 11.8 Å². The summed E-state index contributed by atoms with van der Waals surface area (Å²) >= 11 is 0. The summed E-state index contributed by atoms with van der Waals surface area (Å²) in [7, 11) is 0. The lowest BCUT2D eigenvalue weighted by Crippen LogP contribution is -2.56. The largest absolute Gasteiger partial charge is 0.508 e. The number of fused-ring (bicyclic) bond motifs is 1. The summed E-state index contributed by atoms with van der Waals surface area (Å²) < 4.78 is 6.18. The molecular formula is C32H40N6O5. The average molecular weight is 589 g/mol. The molecule has 2 aliphatic heterocycles. The molecule has 1 aromatic heterocycles. The lowest BCUT2D eigenvalue weighted by atomic mass is 10.1. The fourth-order valence-corrected chi connectivity index (χ4v) is 6.16. The number of carbonyl (C=O) groups is 2. The Labute approximate surface area is 251 Å². The van der Waals surface area contributed by atoms with Gasteiger partial charge in [-0.2, -0.15) is 9.97 Å². The molecular weight excluding hydrogens is 548 g/mol.